The van der Waals surface area contributed by atoms with E-state index in [4.69, 9.17) is 0 Å². The number of carbonyl (C=O) groups is 2. The Morgan fingerprint density at radius 3 is 2.67 bits per heavy atom. The average molecular weight is 288 g/mol. The Balaban J connectivity index is 2.13. The summed E-state index contributed by atoms with van der Waals surface area (Å²) in [6.45, 7) is 8.15. The lowest BCUT2D eigenvalue weighted by Gasteiger charge is -2.43. The summed E-state index contributed by atoms with van der Waals surface area (Å²) in [6.07, 6.45) is 1.37. The molecule has 0 aromatic heterocycles. The molecule has 114 valence electrons. The van der Waals surface area contributed by atoms with Gasteiger partial charge in [-0.3, -0.25) is 9.59 Å². The van der Waals surface area contributed by atoms with Crippen LogP contribution in [0.15, 0.2) is 24.3 Å². The molecule has 1 fully saturated rings. The van der Waals surface area contributed by atoms with Gasteiger partial charge >= 0.3 is 0 Å². The van der Waals surface area contributed by atoms with Gasteiger partial charge in [0.15, 0.2) is 0 Å². The third-order valence-electron chi connectivity index (χ3n) is 4.41. The number of carbonyl (C=O) groups excluding carboxylic acids is 2. The number of nitrogens with zero attached hydrogens (tertiary/aromatic N) is 1. The second-order valence-corrected chi connectivity index (χ2v) is 6.09. The first kappa shape index (κ1) is 15.5. The van der Waals surface area contributed by atoms with Crippen LogP contribution in [0.4, 0.5) is 0 Å². The molecule has 0 radical (unpaired) electrons. The molecule has 1 N–H and O–H groups in total. The number of hydrogen-bond donors (Lipinski definition) is 1. The van der Waals surface area contributed by atoms with Crippen LogP contribution in [-0.2, 0) is 16.0 Å². The molecule has 0 spiro atoms. The second-order valence-electron chi connectivity index (χ2n) is 6.09. The molecule has 1 aromatic carbocycles. The van der Waals surface area contributed by atoms with Gasteiger partial charge in [-0.2, -0.15) is 0 Å². The number of nitrogens with one attached hydrogen (secondary N) is 1. The molecule has 1 saturated heterocycles. The molecule has 2 amide bonds. The fourth-order valence-corrected chi connectivity index (χ4v) is 2.72. The Morgan fingerprint density at radius 1 is 1.33 bits per heavy atom. The van der Waals surface area contributed by atoms with Gasteiger partial charge in [0.25, 0.3) is 0 Å². The lowest BCUT2D eigenvalue weighted by atomic mass is 9.92. The Kier molecular flexibility index (Phi) is 4.35. The normalized spacial score (nSPS) is 25.9. The van der Waals surface area contributed by atoms with Gasteiger partial charge in [0, 0.05) is 6.54 Å². The van der Waals surface area contributed by atoms with E-state index in [9.17, 15) is 9.59 Å². The standard InChI is InChI=1S/C17H24N2O2/c1-5-17(4)16(21)19(13(3)15(20)18-17)10-9-14-8-6-7-12(2)11-14/h6-8,11,13H,5,9-10H2,1-4H3,(H,18,20). The molecular formula is C17H24N2O2. The Bertz CT molecular complexity index is 555. The van der Waals surface area contributed by atoms with Crippen molar-refractivity contribution < 1.29 is 9.59 Å². The Labute approximate surface area is 126 Å². The van der Waals surface area contributed by atoms with E-state index in [0.717, 1.165) is 6.42 Å². The van der Waals surface area contributed by atoms with Crippen LogP contribution >= 0.6 is 0 Å². The van der Waals surface area contributed by atoms with Crippen LogP contribution in [0.1, 0.15) is 38.3 Å². The van der Waals surface area contributed by atoms with Crippen LogP contribution in [0, 0.1) is 6.92 Å². The van der Waals surface area contributed by atoms with Gasteiger partial charge in [0.2, 0.25) is 11.8 Å². The first-order valence-electron chi connectivity index (χ1n) is 7.56. The summed E-state index contributed by atoms with van der Waals surface area (Å²) in [5.74, 6) is -0.0482. The summed E-state index contributed by atoms with van der Waals surface area (Å²) >= 11 is 0. The minimum atomic E-state index is -0.768. The summed E-state index contributed by atoms with van der Waals surface area (Å²) in [5, 5.41) is 2.85. The van der Waals surface area contributed by atoms with Crippen LogP contribution in [0.5, 0.6) is 0 Å². The minimum Gasteiger partial charge on any atom is -0.340 e. The lowest BCUT2D eigenvalue weighted by Crippen LogP contribution is -2.68. The predicted octanol–water partition coefficient (Wildman–Crippen LogP) is 2.05. The maximum absolute atomic E-state index is 12.6. The average Bonchev–Trinajstić information content (AvgIpc) is 2.45. The van der Waals surface area contributed by atoms with Crippen molar-refractivity contribution >= 4 is 11.8 Å². The van der Waals surface area contributed by atoms with Crippen molar-refractivity contribution in [3.05, 3.63) is 35.4 Å². The van der Waals surface area contributed by atoms with Crippen LogP contribution in [0.3, 0.4) is 0 Å². The van der Waals surface area contributed by atoms with Gasteiger partial charge in [0.1, 0.15) is 11.6 Å². The van der Waals surface area contributed by atoms with Crippen molar-refractivity contribution in [1.29, 1.82) is 0 Å². The predicted molar refractivity (Wildman–Crippen MR) is 82.9 cm³/mol. The van der Waals surface area contributed by atoms with Crippen molar-refractivity contribution in [2.75, 3.05) is 6.54 Å². The summed E-state index contributed by atoms with van der Waals surface area (Å²) in [5.41, 5.74) is 1.64. The number of piperazine rings is 1. The lowest BCUT2D eigenvalue weighted by molar-refractivity contribution is -0.153. The molecule has 4 nitrogen and oxygen atoms in total. The van der Waals surface area contributed by atoms with Crippen LogP contribution in [0.2, 0.25) is 0 Å². The molecule has 1 aliphatic rings. The Hall–Kier alpha value is -1.84. The van der Waals surface area contributed by atoms with Gasteiger partial charge < -0.3 is 10.2 Å². The fourth-order valence-electron chi connectivity index (χ4n) is 2.72. The van der Waals surface area contributed by atoms with E-state index in [1.165, 1.54) is 11.1 Å². The smallest absolute Gasteiger partial charge is 0.248 e. The van der Waals surface area contributed by atoms with Gasteiger partial charge in [0.05, 0.1) is 0 Å². The monoisotopic (exact) mass is 288 g/mol. The van der Waals surface area contributed by atoms with E-state index >= 15 is 0 Å². The van der Waals surface area contributed by atoms with Crippen LogP contribution in [0.25, 0.3) is 0 Å². The highest BCUT2D eigenvalue weighted by molar-refractivity contribution is 5.99. The third-order valence-corrected chi connectivity index (χ3v) is 4.41. The molecule has 2 atom stereocenters. The first-order chi connectivity index (χ1) is 9.87. The molecule has 1 heterocycles. The molecule has 2 rings (SSSR count). The highest BCUT2D eigenvalue weighted by Crippen LogP contribution is 2.21. The van der Waals surface area contributed by atoms with E-state index in [0.29, 0.717) is 13.0 Å². The zero-order chi connectivity index (χ0) is 15.6. The SMILES string of the molecule is CCC1(C)NC(=O)C(C)N(CCc2cccc(C)c2)C1=O. The molecule has 2 unspecified atom stereocenters. The Morgan fingerprint density at radius 2 is 2.05 bits per heavy atom. The molecule has 0 saturated carbocycles. The van der Waals surface area contributed by atoms with E-state index in [1.807, 2.05) is 13.0 Å². The van der Waals surface area contributed by atoms with Gasteiger partial charge in [-0.25, -0.2) is 0 Å². The van der Waals surface area contributed by atoms with Crippen molar-refractivity contribution in [2.24, 2.45) is 0 Å². The van der Waals surface area contributed by atoms with Gasteiger partial charge in [-0.1, -0.05) is 36.8 Å². The summed E-state index contributed by atoms with van der Waals surface area (Å²) in [4.78, 5) is 26.4. The van der Waals surface area contributed by atoms with E-state index in [2.05, 4.69) is 30.4 Å². The van der Waals surface area contributed by atoms with Crippen molar-refractivity contribution in [2.45, 2.75) is 52.1 Å². The zero-order valence-corrected chi connectivity index (χ0v) is 13.3. The number of aryl methyl sites for hydroxylation is 1. The molecule has 1 aromatic rings. The molecule has 21 heavy (non-hydrogen) atoms. The van der Waals surface area contributed by atoms with Crippen LogP contribution in [-0.4, -0.2) is 34.8 Å². The number of amides is 2. The van der Waals surface area contributed by atoms with E-state index < -0.39 is 11.6 Å². The van der Waals surface area contributed by atoms with Crippen molar-refractivity contribution in [1.82, 2.24) is 10.2 Å². The van der Waals surface area contributed by atoms with E-state index in [1.54, 1.807) is 18.7 Å². The maximum atomic E-state index is 12.6. The highest BCUT2D eigenvalue weighted by Gasteiger charge is 2.44. The largest absolute Gasteiger partial charge is 0.340 e. The van der Waals surface area contributed by atoms with Crippen LogP contribution < -0.4 is 5.32 Å². The molecule has 1 aliphatic heterocycles. The quantitative estimate of drug-likeness (QED) is 0.922. The third kappa shape index (κ3) is 3.09. The molecule has 4 heteroatoms. The zero-order valence-electron chi connectivity index (χ0n) is 13.3. The highest BCUT2D eigenvalue weighted by atomic mass is 16.2. The molecule has 0 aliphatic carbocycles. The first-order valence-corrected chi connectivity index (χ1v) is 7.56. The second kappa shape index (κ2) is 5.88. The molecule has 0 bridgehead atoms. The van der Waals surface area contributed by atoms with Crippen molar-refractivity contribution in [3.63, 3.8) is 0 Å². The number of hydrogen-bond acceptors (Lipinski definition) is 2. The summed E-state index contributed by atoms with van der Waals surface area (Å²) < 4.78 is 0. The van der Waals surface area contributed by atoms with Gasteiger partial charge in [-0.15, -0.1) is 0 Å². The number of benzene rings is 1. The molecular weight excluding hydrogens is 264 g/mol. The topological polar surface area (TPSA) is 49.4 Å². The van der Waals surface area contributed by atoms with Crippen molar-refractivity contribution in [3.8, 4) is 0 Å². The fraction of sp³-hybridized carbons (Fsp3) is 0.529. The number of rotatable bonds is 4. The maximum Gasteiger partial charge on any atom is 0.248 e. The summed E-state index contributed by atoms with van der Waals surface area (Å²) in [7, 11) is 0. The van der Waals surface area contributed by atoms with E-state index in [-0.39, 0.29) is 11.8 Å². The summed E-state index contributed by atoms with van der Waals surface area (Å²) in [6, 6.07) is 7.86. The van der Waals surface area contributed by atoms with Gasteiger partial charge in [-0.05, 0) is 39.2 Å². The minimum absolute atomic E-state index is 0.0183.